The third-order valence-corrected chi connectivity index (χ3v) is 3.62. The van der Waals surface area contributed by atoms with Gasteiger partial charge in [0.05, 0.1) is 0 Å². The van der Waals surface area contributed by atoms with Gasteiger partial charge in [-0.1, -0.05) is 37.3 Å². The number of hydrogen-bond donors (Lipinski definition) is 0. The van der Waals surface area contributed by atoms with Crippen molar-refractivity contribution in [2.24, 2.45) is 0 Å². The van der Waals surface area contributed by atoms with E-state index >= 15 is 0 Å². The van der Waals surface area contributed by atoms with Crippen LogP contribution in [0.25, 0.3) is 0 Å². The van der Waals surface area contributed by atoms with E-state index in [2.05, 4.69) is 13.8 Å². The van der Waals surface area contributed by atoms with Crippen LogP contribution in [-0.4, -0.2) is 15.2 Å². The van der Waals surface area contributed by atoms with Crippen molar-refractivity contribution in [2.45, 2.75) is 37.3 Å². The van der Waals surface area contributed by atoms with Crippen LogP contribution in [0, 0.1) is 0 Å². The minimum Gasteiger partial charge on any atom is -0.147 e. The molecule has 0 aromatic heterocycles. The number of rotatable bonds is 4. The first-order chi connectivity index (χ1) is 3.41. The van der Waals surface area contributed by atoms with Crippen LogP contribution >= 0.6 is 24.8 Å². The van der Waals surface area contributed by atoms with Gasteiger partial charge in [-0.25, -0.2) is 0 Å². The molecule has 0 rings (SSSR count). The van der Waals surface area contributed by atoms with Gasteiger partial charge in [0.1, 0.15) is 0 Å². The molecule has 0 amide bonds. The summed E-state index contributed by atoms with van der Waals surface area (Å²) in [5.41, 5.74) is 0. The average molecular weight is 187 g/mol. The van der Waals surface area contributed by atoms with Gasteiger partial charge in [0.2, 0.25) is 15.2 Å². The van der Waals surface area contributed by atoms with Crippen molar-refractivity contribution >= 4 is 40.0 Å². The molecule has 0 aliphatic heterocycles. The molecule has 0 heterocycles. The Morgan fingerprint density at radius 3 is 1.44 bits per heavy atom. The van der Waals surface area contributed by atoms with Gasteiger partial charge in [-0.3, -0.25) is 0 Å². The zero-order chi connectivity index (χ0) is 5.54. The van der Waals surface area contributed by atoms with Crippen molar-refractivity contribution in [1.29, 1.82) is 0 Å². The maximum absolute atomic E-state index is 2.28. The second kappa shape index (κ2) is 16.1. The van der Waals surface area contributed by atoms with Gasteiger partial charge in [0.15, 0.2) is 0 Å². The highest BCUT2D eigenvalue weighted by molar-refractivity contribution is 6.35. The summed E-state index contributed by atoms with van der Waals surface area (Å²) < 4.78 is 0. The monoisotopic (exact) mass is 186 g/mol. The van der Waals surface area contributed by atoms with E-state index in [1.807, 2.05) is 0 Å². The molecular formula is C6H17AlCl2. The Bertz CT molecular complexity index is 30.2. The van der Waals surface area contributed by atoms with Gasteiger partial charge in [-0.05, 0) is 0 Å². The lowest BCUT2D eigenvalue weighted by atomic mass is 10.6. The SMILES string of the molecule is CC[CH2][AlH][CH2]CC.Cl.Cl. The highest BCUT2D eigenvalue weighted by Crippen LogP contribution is 1.92. The van der Waals surface area contributed by atoms with Crippen LogP contribution in [-0.2, 0) is 0 Å². The normalized spacial score (nSPS) is 6.89. The van der Waals surface area contributed by atoms with E-state index in [9.17, 15) is 0 Å². The Labute approximate surface area is 77.3 Å². The first-order valence-corrected chi connectivity index (χ1v) is 5.41. The molecule has 0 fully saturated rings. The molecular weight excluding hydrogens is 170 g/mol. The van der Waals surface area contributed by atoms with Gasteiger partial charge in [-0.2, -0.15) is 0 Å². The van der Waals surface area contributed by atoms with Crippen molar-refractivity contribution in [3.8, 4) is 0 Å². The Morgan fingerprint density at radius 2 is 1.22 bits per heavy atom. The van der Waals surface area contributed by atoms with E-state index in [4.69, 9.17) is 0 Å². The summed E-state index contributed by atoms with van der Waals surface area (Å²) in [5.74, 6) is 0. The fourth-order valence-corrected chi connectivity index (χ4v) is 2.03. The Morgan fingerprint density at radius 1 is 0.889 bits per heavy atom. The molecule has 0 saturated heterocycles. The van der Waals surface area contributed by atoms with Gasteiger partial charge >= 0.3 is 0 Å². The third-order valence-electron chi connectivity index (χ3n) is 1.21. The zero-order valence-corrected chi connectivity index (χ0v) is 9.40. The summed E-state index contributed by atoms with van der Waals surface area (Å²) in [6.45, 7) is 4.56. The van der Waals surface area contributed by atoms with Gasteiger partial charge in [0.25, 0.3) is 0 Å². The predicted octanol–water partition coefficient (Wildman–Crippen LogP) is 2.92. The van der Waals surface area contributed by atoms with Gasteiger partial charge in [-0.15, -0.1) is 24.8 Å². The first kappa shape index (κ1) is 16.6. The molecule has 0 aromatic carbocycles. The van der Waals surface area contributed by atoms with Crippen LogP contribution in [0.2, 0.25) is 10.6 Å². The van der Waals surface area contributed by atoms with Crippen molar-refractivity contribution < 1.29 is 0 Å². The highest BCUT2D eigenvalue weighted by Gasteiger charge is 1.86. The van der Waals surface area contributed by atoms with E-state index in [1.165, 1.54) is 12.8 Å². The summed E-state index contributed by atoms with van der Waals surface area (Å²) in [4.78, 5) is 0. The third kappa shape index (κ3) is 17.6. The van der Waals surface area contributed by atoms with E-state index in [0.717, 1.165) is 0 Å². The molecule has 0 saturated carbocycles. The first-order valence-electron chi connectivity index (χ1n) is 3.41. The standard InChI is InChI=1S/2C3H7.Al.2ClH.H/c2*1-3-2;;;;/h2*1,3H2,2H3;;2*1H;. The van der Waals surface area contributed by atoms with Crippen LogP contribution in [0.15, 0.2) is 0 Å². The minimum atomic E-state index is 0. The predicted molar refractivity (Wildman–Crippen MR) is 51.8 cm³/mol. The van der Waals surface area contributed by atoms with E-state index in [-0.39, 0.29) is 24.8 Å². The van der Waals surface area contributed by atoms with E-state index in [0.29, 0.717) is 15.2 Å². The molecule has 3 heteroatoms. The quantitative estimate of drug-likeness (QED) is 0.468. The van der Waals surface area contributed by atoms with Crippen LogP contribution in [0.5, 0.6) is 0 Å². The van der Waals surface area contributed by atoms with Crippen LogP contribution in [0.4, 0.5) is 0 Å². The Hall–Kier alpha value is 1.11. The molecule has 0 nitrogen and oxygen atoms in total. The summed E-state index contributed by atoms with van der Waals surface area (Å²) in [6.07, 6.45) is 2.85. The molecule has 0 unspecified atom stereocenters. The topological polar surface area (TPSA) is 0 Å². The Balaban J connectivity index is -0.000000180. The van der Waals surface area contributed by atoms with Gasteiger partial charge < -0.3 is 0 Å². The molecule has 0 aliphatic rings. The summed E-state index contributed by atoms with van der Waals surface area (Å²) in [5, 5.41) is 3.13. The fourth-order valence-electron chi connectivity index (χ4n) is 0.677. The maximum atomic E-state index is 2.28. The molecule has 0 atom stereocenters. The number of hydrogen-bond acceptors (Lipinski definition) is 0. The summed E-state index contributed by atoms with van der Waals surface area (Å²) in [6, 6.07) is 0. The molecule has 58 valence electrons. The lowest BCUT2D eigenvalue weighted by Crippen LogP contribution is -1.84. The van der Waals surface area contributed by atoms with E-state index in [1.54, 1.807) is 10.6 Å². The van der Waals surface area contributed by atoms with Gasteiger partial charge in [0, 0.05) is 0 Å². The lowest BCUT2D eigenvalue weighted by molar-refractivity contribution is 1.02. The lowest BCUT2D eigenvalue weighted by Gasteiger charge is -1.86. The van der Waals surface area contributed by atoms with E-state index < -0.39 is 0 Å². The molecule has 0 spiro atoms. The maximum Gasteiger partial charge on any atom is 0.236 e. The molecule has 9 heavy (non-hydrogen) atoms. The molecule has 0 radical (unpaired) electrons. The second-order valence-corrected chi connectivity index (χ2v) is 4.18. The molecule has 0 aliphatic carbocycles. The Kier molecular flexibility index (Phi) is 29.6. The minimum absolute atomic E-state index is 0. The summed E-state index contributed by atoms with van der Waals surface area (Å²) >= 11 is 0.411. The number of halogens is 2. The van der Waals surface area contributed by atoms with Crippen molar-refractivity contribution in [2.75, 3.05) is 0 Å². The van der Waals surface area contributed by atoms with Crippen molar-refractivity contribution in [3.63, 3.8) is 0 Å². The van der Waals surface area contributed by atoms with Crippen LogP contribution < -0.4 is 0 Å². The largest absolute Gasteiger partial charge is 0.236 e. The van der Waals surface area contributed by atoms with Crippen LogP contribution in [0.3, 0.4) is 0 Å². The highest BCUT2D eigenvalue weighted by atomic mass is 35.5. The fraction of sp³-hybridized carbons (Fsp3) is 1.00. The zero-order valence-electron chi connectivity index (χ0n) is 6.35. The molecule has 0 N–H and O–H groups in total. The van der Waals surface area contributed by atoms with Crippen molar-refractivity contribution in [1.82, 2.24) is 0 Å². The summed E-state index contributed by atoms with van der Waals surface area (Å²) in [7, 11) is 0. The molecule has 0 aromatic rings. The van der Waals surface area contributed by atoms with Crippen LogP contribution in [0.1, 0.15) is 26.7 Å². The van der Waals surface area contributed by atoms with Crippen molar-refractivity contribution in [3.05, 3.63) is 0 Å². The second-order valence-electron chi connectivity index (χ2n) is 2.06. The molecule has 0 bridgehead atoms. The average Bonchev–Trinajstić information content (AvgIpc) is 1.69. The smallest absolute Gasteiger partial charge is 0.147 e.